The van der Waals surface area contributed by atoms with E-state index in [1.807, 2.05) is 12.3 Å². The lowest BCUT2D eigenvalue weighted by Gasteiger charge is -2.17. The summed E-state index contributed by atoms with van der Waals surface area (Å²) in [5.41, 5.74) is 8.40. The Morgan fingerprint density at radius 1 is 1.69 bits per heavy atom. The maximum absolute atomic E-state index is 5.69. The van der Waals surface area contributed by atoms with Crippen molar-refractivity contribution in [2.75, 3.05) is 6.54 Å². The molecule has 0 spiro atoms. The van der Waals surface area contributed by atoms with Crippen molar-refractivity contribution in [3.8, 4) is 0 Å². The molecule has 1 aliphatic carbocycles. The molecule has 0 fully saturated rings. The molecular weight excluding hydrogens is 160 g/mol. The minimum atomic E-state index is 0.588. The fraction of sp³-hybridized carbons (Fsp3) is 0.545. The molecule has 2 atom stereocenters. The normalized spacial score (nSPS) is 22.8. The maximum atomic E-state index is 5.69. The predicted molar refractivity (Wildman–Crippen MR) is 53.5 cm³/mol. The predicted octanol–water partition coefficient (Wildman–Crippen LogP) is 1.71. The van der Waals surface area contributed by atoms with E-state index in [2.05, 4.69) is 18.0 Å². The summed E-state index contributed by atoms with van der Waals surface area (Å²) in [5, 5.41) is 0. The molecule has 0 amide bonds. The number of aryl methyl sites for hydroxylation is 1. The van der Waals surface area contributed by atoms with Crippen LogP contribution in [0.15, 0.2) is 18.3 Å². The molecule has 0 radical (unpaired) electrons. The fourth-order valence-electron chi connectivity index (χ4n) is 2.20. The van der Waals surface area contributed by atoms with E-state index in [9.17, 15) is 0 Å². The Morgan fingerprint density at radius 3 is 3.31 bits per heavy atom. The molecule has 0 bridgehead atoms. The first kappa shape index (κ1) is 8.70. The molecule has 0 saturated carbocycles. The summed E-state index contributed by atoms with van der Waals surface area (Å²) >= 11 is 0. The summed E-state index contributed by atoms with van der Waals surface area (Å²) in [5.74, 6) is 1.24. The SMILES string of the molecule is CC(CN)C1CCc2ncccc21. The number of hydrogen-bond donors (Lipinski definition) is 1. The van der Waals surface area contributed by atoms with Crippen LogP contribution in [0.5, 0.6) is 0 Å². The van der Waals surface area contributed by atoms with Crippen molar-refractivity contribution in [1.82, 2.24) is 4.98 Å². The fourth-order valence-corrected chi connectivity index (χ4v) is 2.20. The number of nitrogens with two attached hydrogens (primary N) is 1. The van der Waals surface area contributed by atoms with Crippen LogP contribution in [0.1, 0.15) is 30.5 Å². The standard InChI is InChI=1S/C11H16N2/c1-8(7-12)9-4-5-11-10(9)3-2-6-13-11/h2-3,6,8-9H,4-5,7,12H2,1H3. The number of rotatable bonds is 2. The molecule has 2 N–H and O–H groups in total. The lowest BCUT2D eigenvalue weighted by molar-refractivity contribution is 0.466. The van der Waals surface area contributed by atoms with E-state index in [1.54, 1.807) is 0 Å². The molecule has 1 aromatic rings. The van der Waals surface area contributed by atoms with Gasteiger partial charge in [-0.05, 0) is 42.9 Å². The van der Waals surface area contributed by atoms with Crippen LogP contribution in [0.4, 0.5) is 0 Å². The topological polar surface area (TPSA) is 38.9 Å². The van der Waals surface area contributed by atoms with E-state index in [0.717, 1.165) is 13.0 Å². The van der Waals surface area contributed by atoms with Gasteiger partial charge in [0.1, 0.15) is 0 Å². The van der Waals surface area contributed by atoms with E-state index >= 15 is 0 Å². The largest absolute Gasteiger partial charge is 0.330 e. The quantitative estimate of drug-likeness (QED) is 0.745. The number of hydrogen-bond acceptors (Lipinski definition) is 2. The third-order valence-corrected chi connectivity index (χ3v) is 3.08. The van der Waals surface area contributed by atoms with E-state index in [4.69, 9.17) is 5.73 Å². The maximum Gasteiger partial charge on any atom is 0.0438 e. The third-order valence-electron chi connectivity index (χ3n) is 3.08. The van der Waals surface area contributed by atoms with Crippen molar-refractivity contribution in [3.05, 3.63) is 29.6 Å². The van der Waals surface area contributed by atoms with Gasteiger partial charge < -0.3 is 5.73 Å². The van der Waals surface area contributed by atoms with Gasteiger partial charge in [-0.1, -0.05) is 13.0 Å². The van der Waals surface area contributed by atoms with Crippen molar-refractivity contribution in [1.29, 1.82) is 0 Å². The van der Waals surface area contributed by atoms with Gasteiger partial charge in [-0.2, -0.15) is 0 Å². The van der Waals surface area contributed by atoms with Gasteiger partial charge in [-0.3, -0.25) is 4.98 Å². The van der Waals surface area contributed by atoms with Crippen molar-refractivity contribution in [2.24, 2.45) is 11.7 Å². The molecule has 13 heavy (non-hydrogen) atoms. The second-order valence-corrected chi connectivity index (χ2v) is 3.90. The molecule has 2 nitrogen and oxygen atoms in total. The average molecular weight is 176 g/mol. The molecule has 70 valence electrons. The molecule has 2 rings (SSSR count). The number of pyridine rings is 1. The van der Waals surface area contributed by atoms with Gasteiger partial charge in [0, 0.05) is 11.9 Å². The van der Waals surface area contributed by atoms with Crippen molar-refractivity contribution >= 4 is 0 Å². The smallest absolute Gasteiger partial charge is 0.0438 e. The van der Waals surface area contributed by atoms with Gasteiger partial charge >= 0.3 is 0 Å². The minimum Gasteiger partial charge on any atom is -0.330 e. The van der Waals surface area contributed by atoms with Crippen LogP contribution in [0.2, 0.25) is 0 Å². The van der Waals surface area contributed by atoms with Crippen molar-refractivity contribution in [3.63, 3.8) is 0 Å². The Labute approximate surface area is 79.2 Å². The molecule has 2 heteroatoms. The highest BCUT2D eigenvalue weighted by Crippen LogP contribution is 2.36. The van der Waals surface area contributed by atoms with Gasteiger partial charge in [-0.15, -0.1) is 0 Å². The summed E-state index contributed by atoms with van der Waals surface area (Å²) < 4.78 is 0. The summed E-state index contributed by atoms with van der Waals surface area (Å²) in [6.07, 6.45) is 4.24. The van der Waals surface area contributed by atoms with Crippen LogP contribution < -0.4 is 5.73 Å². The highest BCUT2D eigenvalue weighted by Gasteiger charge is 2.26. The van der Waals surface area contributed by atoms with Crippen LogP contribution in [0, 0.1) is 5.92 Å². The van der Waals surface area contributed by atoms with Crippen molar-refractivity contribution in [2.45, 2.75) is 25.7 Å². The van der Waals surface area contributed by atoms with E-state index in [-0.39, 0.29) is 0 Å². The number of aromatic nitrogens is 1. The molecule has 1 heterocycles. The highest BCUT2D eigenvalue weighted by molar-refractivity contribution is 5.29. The molecule has 2 unspecified atom stereocenters. The second kappa shape index (κ2) is 3.46. The summed E-state index contributed by atoms with van der Waals surface area (Å²) in [7, 11) is 0. The Hall–Kier alpha value is -0.890. The van der Waals surface area contributed by atoms with Gasteiger partial charge in [0.2, 0.25) is 0 Å². The lowest BCUT2D eigenvalue weighted by Crippen LogP contribution is -2.17. The Kier molecular flexibility index (Phi) is 2.32. The van der Waals surface area contributed by atoms with Gasteiger partial charge in [0.05, 0.1) is 0 Å². The Balaban J connectivity index is 2.28. The molecule has 0 saturated heterocycles. The summed E-state index contributed by atoms with van der Waals surface area (Å²) in [6, 6.07) is 4.23. The Bertz CT molecular complexity index is 296. The Morgan fingerprint density at radius 2 is 2.54 bits per heavy atom. The monoisotopic (exact) mass is 176 g/mol. The minimum absolute atomic E-state index is 0.588. The number of fused-ring (bicyclic) bond motifs is 1. The van der Waals surface area contributed by atoms with Crippen LogP contribution in [-0.2, 0) is 6.42 Å². The van der Waals surface area contributed by atoms with E-state index in [1.165, 1.54) is 17.7 Å². The first-order valence-electron chi connectivity index (χ1n) is 4.96. The summed E-state index contributed by atoms with van der Waals surface area (Å²) in [6.45, 7) is 3.01. The van der Waals surface area contributed by atoms with E-state index < -0.39 is 0 Å². The third kappa shape index (κ3) is 1.46. The molecular formula is C11H16N2. The summed E-state index contributed by atoms with van der Waals surface area (Å²) in [4.78, 5) is 4.39. The van der Waals surface area contributed by atoms with Gasteiger partial charge in [0.25, 0.3) is 0 Å². The zero-order valence-electron chi connectivity index (χ0n) is 8.03. The second-order valence-electron chi connectivity index (χ2n) is 3.90. The molecule has 0 aromatic carbocycles. The first-order chi connectivity index (χ1) is 6.33. The van der Waals surface area contributed by atoms with Gasteiger partial charge in [-0.25, -0.2) is 0 Å². The number of nitrogens with zero attached hydrogens (tertiary/aromatic N) is 1. The van der Waals surface area contributed by atoms with Gasteiger partial charge in [0.15, 0.2) is 0 Å². The average Bonchev–Trinajstić information content (AvgIpc) is 2.60. The highest BCUT2D eigenvalue weighted by atomic mass is 14.7. The zero-order valence-corrected chi connectivity index (χ0v) is 8.03. The van der Waals surface area contributed by atoms with Crippen LogP contribution in [0.3, 0.4) is 0 Å². The molecule has 1 aliphatic rings. The molecule has 1 aromatic heterocycles. The zero-order chi connectivity index (χ0) is 9.26. The van der Waals surface area contributed by atoms with E-state index in [0.29, 0.717) is 11.8 Å². The first-order valence-corrected chi connectivity index (χ1v) is 4.96. The van der Waals surface area contributed by atoms with Crippen LogP contribution >= 0.6 is 0 Å². The van der Waals surface area contributed by atoms with Crippen LogP contribution in [-0.4, -0.2) is 11.5 Å². The molecule has 0 aliphatic heterocycles. The van der Waals surface area contributed by atoms with Crippen molar-refractivity contribution < 1.29 is 0 Å². The van der Waals surface area contributed by atoms with Crippen LogP contribution in [0.25, 0.3) is 0 Å². The lowest BCUT2D eigenvalue weighted by atomic mass is 9.89.